The van der Waals surface area contributed by atoms with Crippen LogP contribution in [0.1, 0.15) is 40.5 Å². The summed E-state index contributed by atoms with van der Waals surface area (Å²) in [5, 5.41) is 2.59. The predicted molar refractivity (Wildman–Crippen MR) is 70.0 cm³/mol. The molecule has 0 saturated carbocycles. The van der Waals surface area contributed by atoms with Gasteiger partial charge in [0.2, 0.25) is 0 Å². The third-order valence-electron chi connectivity index (χ3n) is 3.66. The van der Waals surface area contributed by atoms with E-state index in [0.29, 0.717) is 25.6 Å². The Kier molecular flexibility index (Phi) is 5.41. The van der Waals surface area contributed by atoms with Gasteiger partial charge in [-0.25, -0.2) is 8.42 Å². The molecular formula is C12H25NO3S. The molecule has 0 aromatic rings. The SMILES string of the molecule is CCC(C)NCC(C)S(=O)(=O)C1CCOC1C. The maximum Gasteiger partial charge on any atom is 0.159 e. The molecule has 0 radical (unpaired) electrons. The molecule has 4 nitrogen and oxygen atoms in total. The van der Waals surface area contributed by atoms with Gasteiger partial charge in [0.25, 0.3) is 0 Å². The molecule has 1 fully saturated rings. The van der Waals surface area contributed by atoms with Crippen molar-refractivity contribution in [2.24, 2.45) is 0 Å². The van der Waals surface area contributed by atoms with E-state index >= 15 is 0 Å². The van der Waals surface area contributed by atoms with Crippen molar-refractivity contribution in [3.05, 3.63) is 0 Å². The van der Waals surface area contributed by atoms with E-state index in [1.165, 1.54) is 0 Å². The minimum absolute atomic E-state index is 0.161. The summed E-state index contributed by atoms with van der Waals surface area (Å²) in [5.74, 6) is 0. The first-order valence-electron chi connectivity index (χ1n) is 6.47. The zero-order valence-corrected chi connectivity index (χ0v) is 12.1. The van der Waals surface area contributed by atoms with E-state index < -0.39 is 9.84 Å². The van der Waals surface area contributed by atoms with Crippen molar-refractivity contribution in [2.45, 2.75) is 63.2 Å². The Bertz CT molecular complexity index is 329. The van der Waals surface area contributed by atoms with Crippen molar-refractivity contribution in [2.75, 3.05) is 13.2 Å². The van der Waals surface area contributed by atoms with Crippen LogP contribution < -0.4 is 5.32 Å². The van der Waals surface area contributed by atoms with E-state index in [-0.39, 0.29) is 16.6 Å². The minimum atomic E-state index is -3.08. The summed E-state index contributed by atoms with van der Waals surface area (Å²) in [7, 11) is -3.08. The van der Waals surface area contributed by atoms with Gasteiger partial charge in [0.05, 0.1) is 16.6 Å². The molecule has 5 heteroatoms. The van der Waals surface area contributed by atoms with Crippen LogP contribution in [-0.4, -0.2) is 44.2 Å². The molecule has 1 aliphatic rings. The summed E-state index contributed by atoms with van der Waals surface area (Å²) in [5.41, 5.74) is 0. The van der Waals surface area contributed by atoms with Gasteiger partial charge < -0.3 is 10.1 Å². The largest absolute Gasteiger partial charge is 0.377 e. The first kappa shape index (κ1) is 14.9. The van der Waals surface area contributed by atoms with Crippen LogP contribution in [0, 0.1) is 0 Å². The highest BCUT2D eigenvalue weighted by Crippen LogP contribution is 2.24. The van der Waals surface area contributed by atoms with Crippen molar-refractivity contribution < 1.29 is 13.2 Å². The van der Waals surface area contributed by atoms with E-state index in [9.17, 15) is 8.42 Å². The molecule has 102 valence electrons. The Hall–Kier alpha value is -0.130. The monoisotopic (exact) mass is 263 g/mol. The topological polar surface area (TPSA) is 55.4 Å². The molecule has 4 atom stereocenters. The van der Waals surface area contributed by atoms with Crippen molar-refractivity contribution in [1.82, 2.24) is 5.32 Å². The number of ether oxygens (including phenoxy) is 1. The fourth-order valence-corrected chi connectivity index (χ4v) is 4.03. The Morgan fingerprint density at radius 1 is 1.41 bits per heavy atom. The minimum Gasteiger partial charge on any atom is -0.377 e. The van der Waals surface area contributed by atoms with Gasteiger partial charge in [0.15, 0.2) is 9.84 Å². The molecule has 1 rings (SSSR count). The van der Waals surface area contributed by atoms with Gasteiger partial charge in [0, 0.05) is 19.2 Å². The molecule has 4 unspecified atom stereocenters. The van der Waals surface area contributed by atoms with Crippen LogP contribution in [0.25, 0.3) is 0 Å². The van der Waals surface area contributed by atoms with Crippen LogP contribution in [0.2, 0.25) is 0 Å². The lowest BCUT2D eigenvalue weighted by Gasteiger charge is -2.22. The first-order valence-corrected chi connectivity index (χ1v) is 8.08. The number of rotatable bonds is 6. The molecule has 0 spiro atoms. The van der Waals surface area contributed by atoms with Gasteiger partial charge in [-0.05, 0) is 33.6 Å². The molecular weight excluding hydrogens is 238 g/mol. The summed E-state index contributed by atoms with van der Waals surface area (Å²) < 4.78 is 30.0. The van der Waals surface area contributed by atoms with Crippen molar-refractivity contribution in [3.63, 3.8) is 0 Å². The van der Waals surface area contributed by atoms with E-state index in [1.807, 2.05) is 6.92 Å². The molecule has 0 aromatic carbocycles. The quantitative estimate of drug-likeness (QED) is 0.786. The number of hydrogen-bond acceptors (Lipinski definition) is 4. The molecule has 0 aliphatic carbocycles. The van der Waals surface area contributed by atoms with E-state index in [4.69, 9.17) is 4.74 Å². The zero-order chi connectivity index (χ0) is 13.1. The summed E-state index contributed by atoms with van der Waals surface area (Å²) in [4.78, 5) is 0. The second-order valence-electron chi connectivity index (χ2n) is 5.02. The average Bonchev–Trinajstić information content (AvgIpc) is 2.72. The third-order valence-corrected chi connectivity index (χ3v) is 6.41. The Morgan fingerprint density at radius 2 is 2.06 bits per heavy atom. The molecule has 17 heavy (non-hydrogen) atoms. The second kappa shape index (κ2) is 6.16. The number of hydrogen-bond donors (Lipinski definition) is 1. The highest BCUT2D eigenvalue weighted by molar-refractivity contribution is 7.92. The zero-order valence-electron chi connectivity index (χ0n) is 11.3. The smallest absolute Gasteiger partial charge is 0.159 e. The van der Waals surface area contributed by atoms with Gasteiger partial charge in [-0.2, -0.15) is 0 Å². The lowest BCUT2D eigenvalue weighted by Crippen LogP contribution is -2.42. The fourth-order valence-electron chi connectivity index (χ4n) is 2.07. The lowest BCUT2D eigenvalue weighted by molar-refractivity contribution is 0.126. The molecule has 0 bridgehead atoms. The van der Waals surface area contributed by atoms with Crippen LogP contribution in [-0.2, 0) is 14.6 Å². The second-order valence-corrected chi connectivity index (χ2v) is 7.61. The normalized spacial score (nSPS) is 29.2. The van der Waals surface area contributed by atoms with Crippen LogP contribution in [0.5, 0.6) is 0 Å². The Labute approximate surface area is 105 Å². The average molecular weight is 263 g/mol. The van der Waals surface area contributed by atoms with E-state index in [0.717, 1.165) is 6.42 Å². The van der Waals surface area contributed by atoms with Crippen LogP contribution in [0.4, 0.5) is 0 Å². The Morgan fingerprint density at radius 3 is 2.53 bits per heavy atom. The van der Waals surface area contributed by atoms with Crippen molar-refractivity contribution >= 4 is 9.84 Å². The molecule has 1 saturated heterocycles. The first-order chi connectivity index (χ1) is 7.89. The highest BCUT2D eigenvalue weighted by atomic mass is 32.2. The van der Waals surface area contributed by atoms with Gasteiger partial charge in [-0.3, -0.25) is 0 Å². The highest BCUT2D eigenvalue weighted by Gasteiger charge is 2.38. The van der Waals surface area contributed by atoms with Crippen molar-refractivity contribution in [3.8, 4) is 0 Å². The maximum atomic E-state index is 12.3. The lowest BCUT2D eigenvalue weighted by atomic mass is 10.2. The summed E-state index contributed by atoms with van der Waals surface area (Å²) in [6, 6.07) is 0.366. The number of nitrogens with one attached hydrogen (secondary N) is 1. The Balaban J connectivity index is 2.57. The van der Waals surface area contributed by atoms with Gasteiger partial charge in [0.1, 0.15) is 0 Å². The van der Waals surface area contributed by atoms with Gasteiger partial charge >= 0.3 is 0 Å². The van der Waals surface area contributed by atoms with Crippen LogP contribution >= 0.6 is 0 Å². The summed E-state index contributed by atoms with van der Waals surface area (Å²) >= 11 is 0. The molecule has 1 heterocycles. The van der Waals surface area contributed by atoms with Gasteiger partial charge in [-0.15, -0.1) is 0 Å². The molecule has 1 N–H and O–H groups in total. The van der Waals surface area contributed by atoms with Crippen molar-refractivity contribution in [1.29, 1.82) is 0 Å². The van der Waals surface area contributed by atoms with E-state index in [2.05, 4.69) is 19.2 Å². The molecule has 0 amide bonds. The molecule has 1 aliphatic heterocycles. The number of sulfone groups is 1. The summed E-state index contributed by atoms with van der Waals surface area (Å²) in [6.45, 7) is 8.89. The standard InChI is InChI=1S/C12H25NO3S/c1-5-9(2)13-8-10(3)17(14,15)12-6-7-16-11(12)4/h9-13H,5-8H2,1-4H3. The summed E-state index contributed by atoms with van der Waals surface area (Å²) in [6.07, 6.45) is 1.48. The third kappa shape index (κ3) is 3.66. The fraction of sp³-hybridized carbons (Fsp3) is 1.00. The van der Waals surface area contributed by atoms with Crippen LogP contribution in [0.15, 0.2) is 0 Å². The van der Waals surface area contributed by atoms with Crippen LogP contribution in [0.3, 0.4) is 0 Å². The van der Waals surface area contributed by atoms with E-state index in [1.54, 1.807) is 6.92 Å². The molecule has 0 aromatic heterocycles. The predicted octanol–water partition coefficient (Wildman–Crippen LogP) is 1.36. The van der Waals surface area contributed by atoms with Gasteiger partial charge in [-0.1, -0.05) is 6.92 Å². The maximum absolute atomic E-state index is 12.3.